The lowest BCUT2D eigenvalue weighted by Crippen LogP contribution is -2.27. The highest BCUT2D eigenvalue weighted by Gasteiger charge is 2.06. The molecule has 0 aliphatic heterocycles. The molecule has 0 spiro atoms. The molecule has 1 amide bonds. The largest absolute Gasteiger partial charge is 0.322 e. The molecule has 0 saturated heterocycles. The lowest BCUT2D eigenvalue weighted by molar-refractivity contribution is -0.115. The fraction of sp³-hybridized carbons (Fsp3) is 0.154. The number of hydrogen-bond acceptors (Lipinski definition) is 3. The molecular formula is C13H12BrFN2OS. The number of para-hydroxylation sites is 1. The Bertz CT molecular complexity index is 573. The third kappa shape index (κ3) is 4.41. The molecule has 3 nitrogen and oxygen atoms in total. The number of nitrogens with one attached hydrogen (secondary N) is 2. The average molecular weight is 343 g/mol. The van der Waals surface area contributed by atoms with Gasteiger partial charge in [0.05, 0.1) is 12.2 Å². The predicted octanol–water partition coefficient (Wildman–Crippen LogP) is 3.38. The zero-order valence-electron chi connectivity index (χ0n) is 9.95. The van der Waals surface area contributed by atoms with Crippen molar-refractivity contribution in [3.05, 3.63) is 50.9 Å². The van der Waals surface area contributed by atoms with Gasteiger partial charge in [-0.05, 0) is 34.1 Å². The van der Waals surface area contributed by atoms with Crippen LogP contribution >= 0.6 is 27.3 Å². The Balaban J connectivity index is 1.77. The van der Waals surface area contributed by atoms with Gasteiger partial charge in [0.1, 0.15) is 5.82 Å². The summed E-state index contributed by atoms with van der Waals surface area (Å²) in [6.07, 6.45) is 0. The Labute approximate surface area is 123 Å². The van der Waals surface area contributed by atoms with Crippen LogP contribution in [0.5, 0.6) is 0 Å². The predicted molar refractivity (Wildman–Crippen MR) is 78.8 cm³/mol. The van der Waals surface area contributed by atoms with Gasteiger partial charge in [0.25, 0.3) is 0 Å². The fourth-order valence-corrected chi connectivity index (χ4v) is 2.92. The molecule has 2 aromatic rings. The highest BCUT2D eigenvalue weighted by molar-refractivity contribution is 9.10. The van der Waals surface area contributed by atoms with Crippen molar-refractivity contribution in [2.45, 2.75) is 6.54 Å². The summed E-state index contributed by atoms with van der Waals surface area (Å²) in [5.41, 5.74) is 0.202. The summed E-state index contributed by atoms with van der Waals surface area (Å²) < 4.78 is 14.3. The number of carbonyl (C=O) groups is 1. The van der Waals surface area contributed by atoms with Crippen molar-refractivity contribution in [2.24, 2.45) is 0 Å². The smallest absolute Gasteiger partial charge is 0.238 e. The first kappa shape index (κ1) is 14.2. The van der Waals surface area contributed by atoms with Gasteiger partial charge >= 0.3 is 0 Å². The van der Waals surface area contributed by atoms with Crippen LogP contribution in [0.4, 0.5) is 10.1 Å². The number of hydrogen-bond donors (Lipinski definition) is 2. The third-order valence-corrected chi connectivity index (χ3v) is 4.05. The molecule has 100 valence electrons. The molecule has 6 heteroatoms. The van der Waals surface area contributed by atoms with Crippen molar-refractivity contribution in [2.75, 3.05) is 11.9 Å². The number of rotatable bonds is 5. The van der Waals surface area contributed by atoms with E-state index in [2.05, 4.69) is 26.6 Å². The molecule has 0 radical (unpaired) electrons. The molecule has 0 saturated carbocycles. The maximum Gasteiger partial charge on any atom is 0.238 e. The van der Waals surface area contributed by atoms with E-state index in [1.807, 2.05) is 11.4 Å². The van der Waals surface area contributed by atoms with Crippen LogP contribution in [-0.4, -0.2) is 12.5 Å². The average Bonchev–Trinajstić information content (AvgIpc) is 2.78. The SMILES string of the molecule is O=C(CNCc1cc(Br)cs1)Nc1ccccc1F. The van der Waals surface area contributed by atoms with Crippen LogP contribution < -0.4 is 10.6 Å². The molecule has 1 aromatic heterocycles. The van der Waals surface area contributed by atoms with E-state index in [9.17, 15) is 9.18 Å². The highest BCUT2D eigenvalue weighted by atomic mass is 79.9. The minimum Gasteiger partial charge on any atom is -0.322 e. The molecule has 2 N–H and O–H groups in total. The zero-order valence-corrected chi connectivity index (χ0v) is 12.4. The van der Waals surface area contributed by atoms with Crippen LogP contribution in [0.15, 0.2) is 40.2 Å². The van der Waals surface area contributed by atoms with Gasteiger partial charge < -0.3 is 10.6 Å². The lowest BCUT2D eigenvalue weighted by atomic mass is 10.3. The Hall–Kier alpha value is -1.24. The first-order valence-electron chi connectivity index (χ1n) is 5.63. The summed E-state index contributed by atoms with van der Waals surface area (Å²) in [4.78, 5) is 12.7. The summed E-state index contributed by atoms with van der Waals surface area (Å²) in [6, 6.07) is 8.09. The normalized spacial score (nSPS) is 10.4. The van der Waals surface area contributed by atoms with Crippen molar-refractivity contribution >= 4 is 38.9 Å². The maximum atomic E-state index is 13.3. The fourth-order valence-electron chi connectivity index (χ4n) is 1.50. The third-order valence-electron chi connectivity index (χ3n) is 2.35. The summed E-state index contributed by atoms with van der Waals surface area (Å²) in [6.45, 7) is 0.755. The molecule has 0 aliphatic carbocycles. The summed E-state index contributed by atoms with van der Waals surface area (Å²) in [7, 11) is 0. The minimum atomic E-state index is -0.432. The van der Waals surface area contributed by atoms with Crippen LogP contribution in [0.3, 0.4) is 0 Å². The molecule has 1 heterocycles. The van der Waals surface area contributed by atoms with Gasteiger partial charge in [-0.2, -0.15) is 0 Å². The summed E-state index contributed by atoms with van der Waals surface area (Å²) in [5, 5.41) is 7.51. The van der Waals surface area contributed by atoms with Gasteiger partial charge in [0.2, 0.25) is 5.91 Å². The number of anilines is 1. The van der Waals surface area contributed by atoms with E-state index in [1.54, 1.807) is 23.5 Å². The van der Waals surface area contributed by atoms with Gasteiger partial charge in [0, 0.05) is 21.3 Å². The Morgan fingerprint density at radius 1 is 1.37 bits per heavy atom. The highest BCUT2D eigenvalue weighted by Crippen LogP contribution is 2.19. The maximum absolute atomic E-state index is 13.3. The number of benzene rings is 1. The topological polar surface area (TPSA) is 41.1 Å². The molecule has 0 unspecified atom stereocenters. The Morgan fingerprint density at radius 2 is 2.16 bits per heavy atom. The van der Waals surface area contributed by atoms with Crippen molar-refractivity contribution in [3.63, 3.8) is 0 Å². The number of thiophene rings is 1. The summed E-state index contributed by atoms with van der Waals surface area (Å²) in [5.74, 6) is -0.696. The molecular weight excluding hydrogens is 331 g/mol. The second-order valence-electron chi connectivity index (χ2n) is 3.86. The van der Waals surface area contributed by atoms with E-state index >= 15 is 0 Å². The van der Waals surface area contributed by atoms with Gasteiger partial charge in [-0.3, -0.25) is 4.79 Å². The second kappa shape index (κ2) is 6.79. The van der Waals surface area contributed by atoms with E-state index in [0.29, 0.717) is 6.54 Å². The van der Waals surface area contributed by atoms with Crippen LogP contribution in [0.2, 0.25) is 0 Å². The van der Waals surface area contributed by atoms with E-state index in [4.69, 9.17) is 0 Å². The molecule has 0 aliphatic rings. The second-order valence-corrected chi connectivity index (χ2v) is 5.77. The molecule has 19 heavy (non-hydrogen) atoms. The molecule has 2 rings (SSSR count). The lowest BCUT2D eigenvalue weighted by Gasteiger charge is -2.06. The monoisotopic (exact) mass is 342 g/mol. The van der Waals surface area contributed by atoms with Gasteiger partial charge in [-0.25, -0.2) is 4.39 Å². The van der Waals surface area contributed by atoms with E-state index in [-0.39, 0.29) is 18.1 Å². The Morgan fingerprint density at radius 3 is 2.84 bits per heavy atom. The van der Waals surface area contributed by atoms with E-state index in [0.717, 1.165) is 9.35 Å². The van der Waals surface area contributed by atoms with E-state index in [1.165, 1.54) is 12.1 Å². The summed E-state index contributed by atoms with van der Waals surface area (Å²) >= 11 is 4.97. The quantitative estimate of drug-likeness (QED) is 0.874. The molecule has 0 bridgehead atoms. The number of halogens is 2. The molecule has 1 aromatic carbocycles. The minimum absolute atomic E-state index is 0.143. The first-order chi connectivity index (χ1) is 9.15. The van der Waals surface area contributed by atoms with Crippen LogP contribution in [0, 0.1) is 5.82 Å². The zero-order chi connectivity index (χ0) is 13.7. The number of carbonyl (C=O) groups excluding carboxylic acids is 1. The molecule has 0 fully saturated rings. The standard InChI is InChI=1S/C13H12BrFN2OS/c14-9-5-10(19-8-9)6-16-7-13(18)17-12-4-2-1-3-11(12)15/h1-5,8,16H,6-7H2,(H,17,18). The van der Waals surface area contributed by atoms with Crippen molar-refractivity contribution in [3.8, 4) is 0 Å². The molecule has 0 atom stereocenters. The Kier molecular flexibility index (Phi) is 5.07. The van der Waals surface area contributed by atoms with Crippen LogP contribution in [-0.2, 0) is 11.3 Å². The van der Waals surface area contributed by atoms with Crippen LogP contribution in [0.1, 0.15) is 4.88 Å². The van der Waals surface area contributed by atoms with Crippen molar-refractivity contribution in [1.82, 2.24) is 5.32 Å². The van der Waals surface area contributed by atoms with Gasteiger partial charge in [-0.15, -0.1) is 11.3 Å². The van der Waals surface area contributed by atoms with Crippen molar-refractivity contribution in [1.29, 1.82) is 0 Å². The van der Waals surface area contributed by atoms with Crippen LogP contribution in [0.25, 0.3) is 0 Å². The van der Waals surface area contributed by atoms with Gasteiger partial charge in [0.15, 0.2) is 0 Å². The first-order valence-corrected chi connectivity index (χ1v) is 7.30. The van der Waals surface area contributed by atoms with Crippen molar-refractivity contribution < 1.29 is 9.18 Å². The van der Waals surface area contributed by atoms with E-state index < -0.39 is 5.82 Å². The number of amides is 1. The van der Waals surface area contributed by atoms with Gasteiger partial charge in [-0.1, -0.05) is 12.1 Å².